The van der Waals surface area contributed by atoms with Crippen LogP contribution in [0.1, 0.15) is 36.5 Å². The van der Waals surface area contributed by atoms with Gasteiger partial charge < -0.3 is 10.5 Å². The first kappa shape index (κ1) is 25.0. The highest BCUT2D eigenvalue weighted by atomic mass is 16.5. The fraction of sp³-hybridized carbons (Fsp3) is 0.346. The summed E-state index contributed by atoms with van der Waals surface area (Å²) in [4.78, 5) is 42.3. The Morgan fingerprint density at radius 1 is 1.03 bits per heavy atom. The first-order valence-corrected chi connectivity index (χ1v) is 11.5. The predicted octanol–water partition coefficient (Wildman–Crippen LogP) is 2.88. The number of carbonyl (C=O) groups is 1. The van der Waals surface area contributed by atoms with E-state index in [0.717, 1.165) is 30.4 Å². The van der Waals surface area contributed by atoms with Gasteiger partial charge in [0, 0.05) is 7.11 Å². The maximum atomic E-state index is 13.5. The first-order chi connectivity index (χ1) is 16.4. The summed E-state index contributed by atoms with van der Waals surface area (Å²) in [5, 5.41) is 0. The van der Waals surface area contributed by atoms with Crippen LogP contribution in [0.2, 0.25) is 0 Å². The van der Waals surface area contributed by atoms with E-state index >= 15 is 0 Å². The van der Waals surface area contributed by atoms with Crippen LogP contribution in [0.15, 0.2) is 64.2 Å². The lowest BCUT2D eigenvalue weighted by Gasteiger charge is -2.25. The molecule has 0 unspecified atom stereocenters. The van der Waals surface area contributed by atoms with Gasteiger partial charge in [-0.05, 0) is 29.5 Å². The van der Waals surface area contributed by atoms with Gasteiger partial charge in [-0.2, -0.15) is 0 Å². The van der Waals surface area contributed by atoms with Gasteiger partial charge in [0.05, 0.1) is 26.1 Å². The molecule has 3 rings (SSSR count). The number of unbranched alkanes of at least 4 members (excludes halogenated alkanes) is 1. The fourth-order valence-corrected chi connectivity index (χ4v) is 3.78. The number of hydrogen-bond donors (Lipinski definition) is 2. The van der Waals surface area contributed by atoms with Crippen molar-refractivity contribution in [2.45, 2.75) is 45.7 Å². The summed E-state index contributed by atoms with van der Waals surface area (Å²) in [6.45, 7) is 2.67. The van der Waals surface area contributed by atoms with Gasteiger partial charge in [0.1, 0.15) is 5.82 Å². The molecule has 0 saturated carbocycles. The number of aromatic nitrogens is 2. The molecular weight excluding hydrogens is 432 g/mol. The van der Waals surface area contributed by atoms with Crippen LogP contribution in [0.4, 0.5) is 11.5 Å². The molecule has 0 radical (unpaired) electrons. The molecule has 0 atom stereocenters. The van der Waals surface area contributed by atoms with Crippen molar-refractivity contribution in [1.29, 1.82) is 0 Å². The number of nitrogens with two attached hydrogens (primary N) is 1. The highest BCUT2D eigenvalue weighted by Crippen LogP contribution is 2.21. The number of benzene rings is 2. The summed E-state index contributed by atoms with van der Waals surface area (Å²) in [5.74, 6) is -0.357. The number of rotatable bonds is 11. The van der Waals surface area contributed by atoms with E-state index in [0.29, 0.717) is 0 Å². The summed E-state index contributed by atoms with van der Waals surface area (Å²) >= 11 is 0. The lowest BCUT2D eigenvalue weighted by atomic mass is 10.0. The van der Waals surface area contributed by atoms with Gasteiger partial charge in [0.15, 0.2) is 5.69 Å². The zero-order valence-electron chi connectivity index (χ0n) is 19.8. The number of nitrogens with one attached hydrogen (secondary N) is 1. The molecule has 0 aliphatic carbocycles. The summed E-state index contributed by atoms with van der Waals surface area (Å²) in [5.41, 5.74) is 7.79. The molecule has 8 nitrogen and oxygen atoms in total. The average molecular weight is 465 g/mol. The molecule has 180 valence electrons. The van der Waals surface area contributed by atoms with Gasteiger partial charge in [-0.1, -0.05) is 67.9 Å². The summed E-state index contributed by atoms with van der Waals surface area (Å²) < 4.78 is 6.27. The third kappa shape index (κ3) is 6.23. The summed E-state index contributed by atoms with van der Waals surface area (Å²) in [7, 11) is 1.51. The summed E-state index contributed by atoms with van der Waals surface area (Å²) in [6, 6.07) is 17.3. The van der Waals surface area contributed by atoms with E-state index in [4.69, 9.17) is 10.5 Å². The lowest BCUT2D eigenvalue weighted by Crippen LogP contribution is -2.41. The van der Waals surface area contributed by atoms with Crippen LogP contribution in [-0.2, 0) is 35.5 Å². The molecule has 34 heavy (non-hydrogen) atoms. The number of anilines is 2. The standard InChI is InChI=1S/C26H32N4O4/c1-3-4-8-19-11-13-20(14-12-19)17-22(31)30(18-21-9-6-5-7-10-21)23-24(27)29(15-16-34-2)26(33)28-25(23)32/h5-7,9-14H,3-4,8,15-18,27H2,1-2H3,(H,28,32,33). The Morgan fingerprint density at radius 2 is 1.71 bits per heavy atom. The van der Waals surface area contributed by atoms with Crippen LogP contribution in [-0.4, -0.2) is 29.2 Å². The quantitative estimate of drug-likeness (QED) is 0.453. The Morgan fingerprint density at radius 3 is 2.35 bits per heavy atom. The minimum atomic E-state index is -0.699. The Balaban J connectivity index is 1.97. The molecule has 0 saturated heterocycles. The van der Waals surface area contributed by atoms with Crippen molar-refractivity contribution in [3.8, 4) is 0 Å². The van der Waals surface area contributed by atoms with Gasteiger partial charge in [0.2, 0.25) is 5.91 Å². The zero-order valence-corrected chi connectivity index (χ0v) is 19.8. The number of nitrogens with zero attached hydrogens (tertiary/aromatic N) is 2. The zero-order chi connectivity index (χ0) is 24.5. The van der Waals surface area contributed by atoms with Crippen molar-refractivity contribution in [3.63, 3.8) is 0 Å². The minimum Gasteiger partial charge on any atom is -0.383 e. The predicted molar refractivity (Wildman–Crippen MR) is 134 cm³/mol. The molecule has 2 aromatic carbocycles. The van der Waals surface area contributed by atoms with Gasteiger partial charge >= 0.3 is 5.69 Å². The SMILES string of the molecule is CCCCc1ccc(CC(=O)N(Cc2ccccc2)c2c(N)n(CCOC)c(=O)[nH]c2=O)cc1. The largest absolute Gasteiger partial charge is 0.383 e. The van der Waals surface area contributed by atoms with Crippen LogP contribution < -0.4 is 21.9 Å². The van der Waals surface area contributed by atoms with E-state index in [2.05, 4.69) is 11.9 Å². The second-order valence-corrected chi connectivity index (χ2v) is 8.20. The van der Waals surface area contributed by atoms with Gasteiger partial charge in [-0.15, -0.1) is 0 Å². The van der Waals surface area contributed by atoms with Gasteiger partial charge in [0.25, 0.3) is 5.56 Å². The Bertz CT molecular complexity index is 1200. The number of aryl methyl sites for hydroxylation is 1. The van der Waals surface area contributed by atoms with Crippen LogP contribution in [0.3, 0.4) is 0 Å². The van der Waals surface area contributed by atoms with E-state index < -0.39 is 11.2 Å². The molecule has 1 amide bonds. The number of amides is 1. The van der Waals surface area contributed by atoms with E-state index in [-0.39, 0.29) is 43.5 Å². The van der Waals surface area contributed by atoms with Gasteiger partial charge in [-0.3, -0.25) is 24.0 Å². The second kappa shape index (κ2) is 12.0. The third-order valence-corrected chi connectivity index (χ3v) is 5.68. The number of carbonyl (C=O) groups excluding carboxylic acids is 1. The number of H-pyrrole nitrogens is 1. The molecule has 0 spiro atoms. The van der Waals surface area contributed by atoms with Crippen LogP contribution in [0.25, 0.3) is 0 Å². The first-order valence-electron chi connectivity index (χ1n) is 11.5. The van der Waals surface area contributed by atoms with Crippen LogP contribution in [0, 0.1) is 0 Å². The molecule has 0 aliphatic heterocycles. The summed E-state index contributed by atoms with van der Waals surface area (Å²) in [6.07, 6.45) is 3.33. The van der Waals surface area contributed by atoms with Crippen molar-refractivity contribution in [2.24, 2.45) is 0 Å². The van der Waals surface area contributed by atoms with E-state index in [1.165, 1.54) is 22.1 Å². The van der Waals surface area contributed by atoms with E-state index in [1.807, 2.05) is 54.6 Å². The Hall–Kier alpha value is -3.65. The number of ether oxygens (including phenoxy) is 1. The number of aromatic amines is 1. The number of hydrogen-bond acceptors (Lipinski definition) is 5. The fourth-order valence-electron chi connectivity index (χ4n) is 3.78. The molecule has 0 fully saturated rings. The molecule has 8 heteroatoms. The van der Waals surface area contributed by atoms with Crippen molar-refractivity contribution in [1.82, 2.24) is 9.55 Å². The minimum absolute atomic E-state index is 0.0378. The molecule has 0 aliphatic rings. The van der Waals surface area contributed by atoms with Crippen LogP contribution >= 0.6 is 0 Å². The number of methoxy groups -OCH3 is 1. The van der Waals surface area contributed by atoms with Gasteiger partial charge in [-0.25, -0.2) is 4.79 Å². The van der Waals surface area contributed by atoms with E-state index in [1.54, 1.807) is 0 Å². The molecule has 1 heterocycles. The molecule has 0 bridgehead atoms. The smallest absolute Gasteiger partial charge is 0.330 e. The maximum Gasteiger partial charge on any atom is 0.330 e. The molecule has 3 aromatic rings. The van der Waals surface area contributed by atoms with E-state index in [9.17, 15) is 14.4 Å². The van der Waals surface area contributed by atoms with Crippen molar-refractivity contribution >= 4 is 17.4 Å². The monoisotopic (exact) mass is 464 g/mol. The topological polar surface area (TPSA) is 110 Å². The maximum absolute atomic E-state index is 13.5. The number of nitrogen functional groups attached to an aromatic ring is 1. The second-order valence-electron chi connectivity index (χ2n) is 8.20. The van der Waals surface area contributed by atoms with Crippen LogP contribution in [0.5, 0.6) is 0 Å². The lowest BCUT2D eigenvalue weighted by molar-refractivity contribution is -0.118. The van der Waals surface area contributed by atoms with Crippen molar-refractivity contribution in [3.05, 3.63) is 92.1 Å². The van der Waals surface area contributed by atoms with Crippen molar-refractivity contribution < 1.29 is 9.53 Å². The Kier molecular flexibility index (Phi) is 8.81. The normalized spacial score (nSPS) is 10.9. The average Bonchev–Trinajstić information content (AvgIpc) is 2.83. The molecule has 3 N–H and O–H groups in total. The van der Waals surface area contributed by atoms with Crippen molar-refractivity contribution in [2.75, 3.05) is 24.4 Å². The highest BCUT2D eigenvalue weighted by molar-refractivity contribution is 5.96. The molecular formula is C26H32N4O4. The highest BCUT2D eigenvalue weighted by Gasteiger charge is 2.24. The molecule has 1 aromatic heterocycles. The Labute approximate surface area is 199 Å². The third-order valence-electron chi connectivity index (χ3n) is 5.68.